The van der Waals surface area contributed by atoms with E-state index in [4.69, 9.17) is 16.1 Å². The van der Waals surface area contributed by atoms with Crippen molar-refractivity contribution in [1.29, 1.82) is 0 Å². The van der Waals surface area contributed by atoms with Gasteiger partial charge in [-0.05, 0) is 31.9 Å². The van der Waals surface area contributed by atoms with E-state index in [1.807, 2.05) is 28.8 Å². The van der Waals surface area contributed by atoms with Crippen LogP contribution in [-0.4, -0.2) is 44.7 Å². The minimum absolute atomic E-state index is 0.130. The number of amides is 1. The van der Waals surface area contributed by atoms with Crippen molar-refractivity contribution < 1.29 is 9.32 Å². The van der Waals surface area contributed by atoms with E-state index in [1.165, 1.54) is 11.8 Å². The number of benzene rings is 1. The number of nitrogens with one attached hydrogen (secondary N) is 1. The number of anilines is 2. The molecule has 0 aliphatic carbocycles. The normalized spacial score (nSPS) is 13.8. The van der Waals surface area contributed by atoms with Crippen molar-refractivity contribution in [3.8, 4) is 5.69 Å². The fourth-order valence-electron chi connectivity index (χ4n) is 3.19. The molecule has 1 aliphatic heterocycles. The highest BCUT2D eigenvalue weighted by Crippen LogP contribution is 2.32. The molecule has 0 saturated carbocycles. The molecule has 1 fully saturated rings. The number of nitrogens with zero attached hydrogens (tertiary/aromatic N) is 5. The minimum atomic E-state index is -0.130. The lowest BCUT2D eigenvalue weighted by Gasteiger charge is -2.19. The van der Waals surface area contributed by atoms with Gasteiger partial charge in [0, 0.05) is 31.3 Å². The number of aryl methyl sites for hydroxylation is 1. The third kappa shape index (κ3) is 4.56. The Morgan fingerprint density at radius 1 is 1.28 bits per heavy atom. The molecule has 10 heteroatoms. The van der Waals surface area contributed by atoms with E-state index in [0.29, 0.717) is 33.9 Å². The Labute approximate surface area is 177 Å². The van der Waals surface area contributed by atoms with Crippen molar-refractivity contribution in [2.45, 2.75) is 31.3 Å². The molecule has 1 N–H and O–H groups in total. The maximum absolute atomic E-state index is 12.2. The monoisotopic (exact) mass is 432 g/mol. The van der Waals surface area contributed by atoms with E-state index in [-0.39, 0.29) is 5.91 Å². The van der Waals surface area contributed by atoms with Gasteiger partial charge < -0.3 is 14.7 Å². The maximum Gasteiger partial charge on any atom is 0.232 e. The second kappa shape index (κ2) is 8.87. The predicted octanol–water partition coefficient (Wildman–Crippen LogP) is 3.94. The Bertz CT molecular complexity index is 998. The van der Waals surface area contributed by atoms with Crippen LogP contribution >= 0.6 is 23.4 Å². The number of halogens is 1. The number of para-hydroxylation sites is 1. The van der Waals surface area contributed by atoms with Crippen LogP contribution in [0.25, 0.3) is 5.69 Å². The van der Waals surface area contributed by atoms with Crippen LogP contribution in [0.4, 0.5) is 11.8 Å². The number of thioether (sulfide) groups is 1. The molecule has 0 spiro atoms. The highest BCUT2D eigenvalue weighted by atomic mass is 35.5. The SMILES string of the molecule is Cc1cc(NC(=O)CCSc2nnc(N3CCCC3)n2-c2ccccc2Cl)no1. The molecule has 0 atom stereocenters. The van der Waals surface area contributed by atoms with Gasteiger partial charge >= 0.3 is 0 Å². The number of hydrogen-bond donors (Lipinski definition) is 1. The lowest BCUT2D eigenvalue weighted by Crippen LogP contribution is -2.22. The van der Waals surface area contributed by atoms with Crippen molar-refractivity contribution in [2.75, 3.05) is 29.1 Å². The van der Waals surface area contributed by atoms with Crippen LogP contribution in [0.5, 0.6) is 0 Å². The Balaban J connectivity index is 1.48. The molecule has 0 unspecified atom stereocenters. The highest BCUT2D eigenvalue weighted by Gasteiger charge is 2.23. The van der Waals surface area contributed by atoms with Crippen LogP contribution in [0.1, 0.15) is 25.0 Å². The van der Waals surface area contributed by atoms with Crippen LogP contribution in [0, 0.1) is 6.92 Å². The van der Waals surface area contributed by atoms with Crippen molar-refractivity contribution >= 4 is 41.0 Å². The summed E-state index contributed by atoms with van der Waals surface area (Å²) in [6.45, 7) is 3.68. The topological polar surface area (TPSA) is 89.1 Å². The van der Waals surface area contributed by atoms with E-state index >= 15 is 0 Å². The molecule has 1 aliphatic rings. The van der Waals surface area contributed by atoms with Gasteiger partial charge in [-0.1, -0.05) is 40.7 Å². The lowest BCUT2D eigenvalue weighted by atomic mass is 10.3. The Morgan fingerprint density at radius 3 is 2.79 bits per heavy atom. The largest absolute Gasteiger partial charge is 0.360 e. The fourth-order valence-corrected chi connectivity index (χ4v) is 4.29. The lowest BCUT2D eigenvalue weighted by molar-refractivity contribution is -0.115. The van der Waals surface area contributed by atoms with Gasteiger partial charge in [-0.2, -0.15) is 0 Å². The standard InChI is InChI=1S/C19H21ClN6O2S/c1-13-12-16(24-28-13)21-17(27)8-11-29-19-23-22-18(25-9-4-5-10-25)26(19)15-7-3-2-6-14(15)20/h2-3,6-7,12H,4-5,8-11H2,1H3,(H,21,24,27). The van der Waals surface area contributed by atoms with Crippen LogP contribution in [0.2, 0.25) is 5.02 Å². The minimum Gasteiger partial charge on any atom is -0.360 e. The van der Waals surface area contributed by atoms with Crippen molar-refractivity contribution in [1.82, 2.24) is 19.9 Å². The molecular formula is C19H21ClN6O2S. The summed E-state index contributed by atoms with van der Waals surface area (Å²) in [5, 5.41) is 16.6. The molecule has 1 aromatic carbocycles. The molecular weight excluding hydrogens is 412 g/mol. The third-order valence-corrected chi connectivity index (χ3v) is 5.80. The van der Waals surface area contributed by atoms with E-state index in [2.05, 4.69) is 25.6 Å². The van der Waals surface area contributed by atoms with Crippen molar-refractivity contribution in [3.63, 3.8) is 0 Å². The summed E-state index contributed by atoms with van der Waals surface area (Å²) < 4.78 is 6.94. The van der Waals surface area contributed by atoms with Crippen molar-refractivity contribution in [3.05, 3.63) is 41.1 Å². The van der Waals surface area contributed by atoms with Crippen molar-refractivity contribution in [2.24, 2.45) is 0 Å². The zero-order chi connectivity index (χ0) is 20.2. The quantitative estimate of drug-likeness (QED) is 0.565. The first-order valence-corrected chi connectivity index (χ1v) is 10.8. The van der Waals surface area contributed by atoms with E-state index < -0.39 is 0 Å². The van der Waals surface area contributed by atoms with Gasteiger partial charge in [-0.15, -0.1) is 10.2 Å². The fraction of sp³-hybridized carbons (Fsp3) is 0.368. The highest BCUT2D eigenvalue weighted by molar-refractivity contribution is 7.99. The molecule has 3 aromatic rings. The molecule has 29 heavy (non-hydrogen) atoms. The molecule has 1 saturated heterocycles. The van der Waals surface area contributed by atoms with Gasteiger partial charge in [0.2, 0.25) is 11.9 Å². The second-order valence-corrected chi connectivity index (χ2v) is 8.20. The summed E-state index contributed by atoms with van der Waals surface area (Å²) in [4.78, 5) is 14.4. The molecule has 1 amide bonds. The first-order chi connectivity index (χ1) is 14.1. The average molecular weight is 433 g/mol. The summed E-state index contributed by atoms with van der Waals surface area (Å²) in [5.74, 6) is 2.28. The molecule has 4 rings (SSSR count). The van der Waals surface area contributed by atoms with Gasteiger partial charge in [0.15, 0.2) is 11.0 Å². The molecule has 8 nitrogen and oxygen atoms in total. The van der Waals surface area contributed by atoms with Crippen LogP contribution in [0.3, 0.4) is 0 Å². The van der Waals surface area contributed by atoms with Gasteiger partial charge in [0.25, 0.3) is 0 Å². The number of hydrogen-bond acceptors (Lipinski definition) is 7. The first-order valence-electron chi connectivity index (χ1n) is 9.43. The summed E-state index contributed by atoms with van der Waals surface area (Å²) in [5.41, 5.74) is 0.839. The third-order valence-electron chi connectivity index (χ3n) is 4.55. The maximum atomic E-state index is 12.2. The molecule has 3 heterocycles. The van der Waals surface area contributed by atoms with Crippen LogP contribution in [-0.2, 0) is 4.79 Å². The summed E-state index contributed by atoms with van der Waals surface area (Å²) in [6, 6.07) is 9.33. The Kier molecular flexibility index (Phi) is 6.05. The van der Waals surface area contributed by atoms with Gasteiger partial charge in [-0.25, -0.2) is 0 Å². The zero-order valence-electron chi connectivity index (χ0n) is 16.0. The van der Waals surface area contributed by atoms with E-state index in [0.717, 1.165) is 37.6 Å². The Hall–Kier alpha value is -2.52. The van der Waals surface area contributed by atoms with E-state index in [1.54, 1.807) is 13.0 Å². The predicted molar refractivity (Wildman–Crippen MR) is 113 cm³/mol. The van der Waals surface area contributed by atoms with Crippen LogP contribution < -0.4 is 10.2 Å². The van der Waals surface area contributed by atoms with Gasteiger partial charge in [-0.3, -0.25) is 9.36 Å². The molecule has 152 valence electrons. The van der Waals surface area contributed by atoms with Gasteiger partial charge in [0.1, 0.15) is 5.76 Å². The number of aromatic nitrogens is 4. The summed E-state index contributed by atoms with van der Waals surface area (Å²) in [7, 11) is 0. The summed E-state index contributed by atoms with van der Waals surface area (Å²) in [6.07, 6.45) is 2.59. The van der Waals surface area contributed by atoms with E-state index in [9.17, 15) is 4.79 Å². The molecule has 0 radical (unpaired) electrons. The zero-order valence-corrected chi connectivity index (χ0v) is 17.5. The first kappa shape index (κ1) is 19.8. The Morgan fingerprint density at radius 2 is 2.07 bits per heavy atom. The van der Waals surface area contributed by atoms with Crippen LogP contribution in [0.15, 0.2) is 40.0 Å². The number of rotatable bonds is 7. The smallest absolute Gasteiger partial charge is 0.232 e. The molecule has 2 aromatic heterocycles. The number of carbonyl (C=O) groups is 1. The van der Waals surface area contributed by atoms with Gasteiger partial charge in [0.05, 0.1) is 10.7 Å². The summed E-state index contributed by atoms with van der Waals surface area (Å²) >= 11 is 7.93. The average Bonchev–Trinajstić information content (AvgIpc) is 3.43. The number of carbonyl (C=O) groups excluding carboxylic acids is 1. The molecule has 0 bridgehead atoms. The second-order valence-electron chi connectivity index (χ2n) is 6.73.